The van der Waals surface area contributed by atoms with Crippen LogP contribution in [-0.4, -0.2) is 19.1 Å². The fourth-order valence-corrected chi connectivity index (χ4v) is 3.51. The molecule has 1 aromatic rings. The van der Waals surface area contributed by atoms with Gasteiger partial charge >= 0.3 is 0 Å². The van der Waals surface area contributed by atoms with Crippen molar-refractivity contribution in [2.45, 2.75) is 51.5 Å². The normalized spacial score (nSPS) is 27.5. The van der Waals surface area contributed by atoms with E-state index in [4.69, 9.17) is 0 Å². The van der Waals surface area contributed by atoms with Gasteiger partial charge in [0.25, 0.3) is 0 Å². The molecule has 19 heavy (non-hydrogen) atoms. The molecule has 0 amide bonds. The lowest BCUT2D eigenvalue weighted by atomic mass is 9.86. The summed E-state index contributed by atoms with van der Waals surface area (Å²) >= 11 is 0. The topological polar surface area (TPSA) is 15.3 Å². The Labute approximate surface area is 117 Å². The summed E-state index contributed by atoms with van der Waals surface area (Å²) in [6, 6.07) is 9.68. The van der Waals surface area contributed by atoms with Crippen molar-refractivity contribution in [2.24, 2.45) is 5.92 Å². The average Bonchev–Trinajstić information content (AvgIpc) is 2.96. The highest BCUT2D eigenvalue weighted by Gasteiger charge is 2.21. The number of nitrogens with one attached hydrogen (secondary N) is 1. The van der Waals surface area contributed by atoms with Gasteiger partial charge in [-0.05, 0) is 49.8 Å². The summed E-state index contributed by atoms with van der Waals surface area (Å²) in [6.45, 7) is 4.84. The second-order valence-corrected chi connectivity index (χ2v) is 6.26. The molecule has 0 aromatic heterocycles. The zero-order valence-corrected chi connectivity index (χ0v) is 12.1. The molecule has 0 spiro atoms. The molecule has 3 rings (SSSR count). The van der Waals surface area contributed by atoms with Crippen molar-refractivity contribution >= 4 is 11.4 Å². The number of benzene rings is 1. The van der Waals surface area contributed by atoms with Crippen LogP contribution in [0.2, 0.25) is 0 Å². The van der Waals surface area contributed by atoms with Gasteiger partial charge in [0, 0.05) is 30.5 Å². The molecule has 1 heterocycles. The molecule has 1 aliphatic carbocycles. The van der Waals surface area contributed by atoms with E-state index in [1.165, 1.54) is 63.0 Å². The molecule has 2 aliphatic rings. The largest absolute Gasteiger partial charge is 0.382 e. The number of hydrogen-bond acceptors (Lipinski definition) is 2. The Morgan fingerprint density at radius 2 is 1.84 bits per heavy atom. The first-order valence-corrected chi connectivity index (χ1v) is 7.94. The lowest BCUT2D eigenvalue weighted by Gasteiger charge is -2.30. The third-order valence-corrected chi connectivity index (χ3v) is 4.78. The second-order valence-electron chi connectivity index (χ2n) is 6.26. The maximum Gasteiger partial charge on any atom is 0.0386 e. The van der Waals surface area contributed by atoms with Crippen LogP contribution in [0, 0.1) is 5.92 Å². The highest BCUT2D eigenvalue weighted by Crippen LogP contribution is 2.29. The Morgan fingerprint density at radius 1 is 1.05 bits per heavy atom. The SMILES string of the molecule is CC1CCCCC1Nc1cccc(N2CCCC2)c1. The summed E-state index contributed by atoms with van der Waals surface area (Å²) in [6.07, 6.45) is 8.19. The van der Waals surface area contributed by atoms with E-state index in [1.54, 1.807) is 0 Å². The predicted molar refractivity (Wildman–Crippen MR) is 82.9 cm³/mol. The van der Waals surface area contributed by atoms with Gasteiger partial charge in [0.15, 0.2) is 0 Å². The van der Waals surface area contributed by atoms with Crippen LogP contribution in [-0.2, 0) is 0 Å². The minimum absolute atomic E-state index is 0.669. The molecule has 1 saturated heterocycles. The molecule has 2 nitrogen and oxygen atoms in total. The van der Waals surface area contributed by atoms with E-state index in [-0.39, 0.29) is 0 Å². The van der Waals surface area contributed by atoms with Gasteiger partial charge in [-0.3, -0.25) is 0 Å². The molecule has 1 N–H and O–H groups in total. The van der Waals surface area contributed by atoms with Crippen molar-refractivity contribution in [2.75, 3.05) is 23.3 Å². The minimum Gasteiger partial charge on any atom is -0.382 e. The van der Waals surface area contributed by atoms with E-state index >= 15 is 0 Å². The third kappa shape index (κ3) is 3.05. The Bertz CT molecular complexity index is 409. The van der Waals surface area contributed by atoms with Crippen molar-refractivity contribution in [3.63, 3.8) is 0 Å². The maximum atomic E-state index is 3.77. The van der Waals surface area contributed by atoms with Crippen LogP contribution in [0.5, 0.6) is 0 Å². The molecule has 2 fully saturated rings. The fourth-order valence-electron chi connectivity index (χ4n) is 3.51. The van der Waals surface area contributed by atoms with E-state index in [0.29, 0.717) is 6.04 Å². The van der Waals surface area contributed by atoms with E-state index in [0.717, 1.165) is 5.92 Å². The fraction of sp³-hybridized carbons (Fsp3) is 0.647. The monoisotopic (exact) mass is 258 g/mol. The summed E-state index contributed by atoms with van der Waals surface area (Å²) < 4.78 is 0. The van der Waals surface area contributed by atoms with Crippen LogP contribution in [0.3, 0.4) is 0 Å². The smallest absolute Gasteiger partial charge is 0.0386 e. The maximum absolute atomic E-state index is 3.77. The van der Waals surface area contributed by atoms with Crippen LogP contribution in [0.1, 0.15) is 45.4 Å². The Hall–Kier alpha value is -1.18. The molecule has 1 aliphatic heterocycles. The zero-order chi connectivity index (χ0) is 13.1. The number of nitrogens with zero attached hydrogens (tertiary/aromatic N) is 1. The first kappa shape index (κ1) is 12.8. The molecule has 0 bridgehead atoms. The molecular weight excluding hydrogens is 232 g/mol. The molecular formula is C17H26N2. The second kappa shape index (κ2) is 5.85. The van der Waals surface area contributed by atoms with Crippen LogP contribution in [0.25, 0.3) is 0 Å². The summed E-state index contributed by atoms with van der Waals surface area (Å²) in [5.74, 6) is 0.809. The highest BCUT2D eigenvalue weighted by molar-refractivity contribution is 5.58. The van der Waals surface area contributed by atoms with Gasteiger partial charge in [0.2, 0.25) is 0 Å². The zero-order valence-electron chi connectivity index (χ0n) is 12.1. The molecule has 104 valence electrons. The summed E-state index contributed by atoms with van der Waals surface area (Å²) in [5.41, 5.74) is 2.70. The molecule has 1 aromatic carbocycles. The van der Waals surface area contributed by atoms with Crippen molar-refractivity contribution in [3.05, 3.63) is 24.3 Å². The number of hydrogen-bond donors (Lipinski definition) is 1. The first-order chi connectivity index (χ1) is 9.33. The lowest BCUT2D eigenvalue weighted by molar-refractivity contribution is 0.349. The molecule has 2 atom stereocenters. The van der Waals surface area contributed by atoms with Gasteiger partial charge in [0.05, 0.1) is 0 Å². The van der Waals surface area contributed by atoms with Crippen LogP contribution in [0.15, 0.2) is 24.3 Å². The molecule has 2 heteroatoms. The third-order valence-electron chi connectivity index (χ3n) is 4.78. The van der Waals surface area contributed by atoms with Gasteiger partial charge < -0.3 is 10.2 Å². The number of rotatable bonds is 3. The Kier molecular flexibility index (Phi) is 3.95. The van der Waals surface area contributed by atoms with Crippen molar-refractivity contribution in [1.82, 2.24) is 0 Å². The van der Waals surface area contributed by atoms with Gasteiger partial charge in [0.1, 0.15) is 0 Å². The van der Waals surface area contributed by atoms with Crippen molar-refractivity contribution in [1.29, 1.82) is 0 Å². The van der Waals surface area contributed by atoms with Crippen molar-refractivity contribution < 1.29 is 0 Å². The van der Waals surface area contributed by atoms with Crippen LogP contribution >= 0.6 is 0 Å². The molecule has 2 unspecified atom stereocenters. The minimum atomic E-state index is 0.669. The lowest BCUT2D eigenvalue weighted by Crippen LogP contribution is -2.30. The summed E-state index contributed by atoms with van der Waals surface area (Å²) in [4.78, 5) is 2.51. The molecule has 1 saturated carbocycles. The molecule has 0 radical (unpaired) electrons. The predicted octanol–water partition coefficient (Wildman–Crippen LogP) is 4.28. The van der Waals surface area contributed by atoms with E-state index in [2.05, 4.69) is 41.4 Å². The van der Waals surface area contributed by atoms with Gasteiger partial charge in [-0.1, -0.05) is 25.8 Å². The van der Waals surface area contributed by atoms with E-state index < -0.39 is 0 Å². The van der Waals surface area contributed by atoms with E-state index in [9.17, 15) is 0 Å². The summed E-state index contributed by atoms with van der Waals surface area (Å²) in [7, 11) is 0. The van der Waals surface area contributed by atoms with E-state index in [1.807, 2.05) is 0 Å². The average molecular weight is 258 g/mol. The standard InChI is InChI=1S/C17H26N2/c1-14-7-2-3-10-17(14)18-15-8-6-9-16(13-15)19-11-4-5-12-19/h6,8-9,13-14,17-18H,2-5,7,10-12H2,1H3. The van der Waals surface area contributed by atoms with Gasteiger partial charge in [-0.25, -0.2) is 0 Å². The quantitative estimate of drug-likeness (QED) is 0.870. The first-order valence-electron chi connectivity index (χ1n) is 7.94. The van der Waals surface area contributed by atoms with Crippen molar-refractivity contribution in [3.8, 4) is 0 Å². The van der Waals surface area contributed by atoms with Gasteiger partial charge in [-0.15, -0.1) is 0 Å². The van der Waals surface area contributed by atoms with Crippen LogP contribution in [0.4, 0.5) is 11.4 Å². The summed E-state index contributed by atoms with van der Waals surface area (Å²) in [5, 5.41) is 3.77. The Morgan fingerprint density at radius 3 is 2.63 bits per heavy atom. The Balaban J connectivity index is 1.68. The van der Waals surface area contributed by atoms with Crippen LogP contribution < -0.4 is 10.2 Å². The number of anilines is 2. The highest BCUT2D eigenvalue weighted by atomic mass is 15.1. The van der Waals surface area contributed by atoms with Gasteiger partial charge in [-0.2, -0.15) is 0 Å².